The van der Waals surface area contributed by atoms with Crippen LogP contribution in [0.1, 0.15) is 50.4 Å². The van der Waals surface area contributed by atoms with Gasteiger partial charge in [-0.15, -0.1) is 10.2 Å². The van der Waals surface area contributed by atoms with Crippen molar-refractivity contribution in [1.29, 1.82) is 0 Å². The highest BCUT2D eigenvalue weighted by atomic mass is 32.2. The molecule has 0 unspecified atom stereocenters. The third kappa shape index (κ3) is 5.56. The first-order valence-electron chi connectivity index (χ1n) is 12.3. The van der Waals surface area contributed by atoms with Gasteiger partial charge >= 0.3 is 0 Å². The van der Waals surface area contributed by atoms with Crippen molar-refractivity contribution in [2.45, 2.75) is 57.6 Å². The topological polar surface area (TPSA) is 190 Å². The molecule has 1 saturated heterocycles. The summed E-state index contributed by atoms with van der Waals surface area (Å²) >= 11 is 0. The first-order chi connectivity index (χ1) is 18.4. The lowest BCUT2D eigenvalue weighted by atomic mass is 9.97. The Bertz CT molecular complexity index is 1580. The summed E-state index contributed by atoms with van der Waals surface area (Å²) in [7, 11) is -3.62. The average Bonchev–Trinajstić information content (AvgIpc) is 3.57. The van der Waals surface area contributed by atoms with Crippen LogP contribution >= 0.6 is 0 Å². The van der Waals surface area contributed by atoms with Gasteiger partial charge in [0.05, 0.1) is 12.1 Å². The second kappa shape index (κ2) is 10.1. The van der Waals surface area contributed by atoms with Gasteiger partial charge in [0, 0.05) is 17.6 Å². The molecule has 14 nitrogen and oxygen atoms in total. The maximum Gasteiger partial charge on any atom is 0.248 e. The number of aromatic nitrogens is 6. The summed E-state index contributed by atoms with van der Waals surface area (Å²) in [5.41, 5.74) is 1.68. The number of hydrogen-bond acceptors (Lipinski definition) is 12. The number of nitrogens with one attached hydrogen (secondary N) is 2. The van der Waals surface area contributed by atoms with E-state index in [9.17, 15) is 18.6 Å². The molecule has 3 aromatic heterocycles. The highest BCUT2D eigenvalue weighted by molar-refractivity contribution is 7.92. The monoisotopic (exact) mass is 558 g/mol. The number of rotatable bonds is 8. The minimum Gasteiger partial charge on any atom is -0.422 e. The summed E-state index contributed by atoms with van der Waals surface area (Å²) in [6.45, 7) is 7.66. The number of anilines is 2. The molecule has 4 atom stereocenters. The number of hydrogen-bond donors (Lipinski definition) is 4. The zero-order valence-electron chi connectivity index (χ0n) is 21.8. The number of aliphatic hydroxyl groups excluding tert-OH is 2. The summed E-state index contributed by atoms with van der Waals surface area (Å²) < 4.78 is 40.7. The van der Waals surface area contributed by atoms with E-state index in [0.29, 0.717) is 28.6 Å². The van der Waals surface area contributed by atoms with E-state index in [2.05, 4.69) is 35.2 Å². The molecular formula is C24H30N8O6S. The number of ether oxygens (including phenoxy) is 1. The summed E-state index contributed by atoms with van der Waals surface area (Å²) in [5.74, 6) is 0.516. The van der Waals surface area contributed by atoms with E-state index in [1.807, 2.05) is 33.8 Å². The van der Waals surface area contributed by atoms with Gasteiger partial charge in [0.1, 0.15) is 18.5 Å². The molecule has 15 heteroatoms. The van der Waals surface area contributed by atoms with E-state index < -0.39 is 40.0 Å². The molecule has 4 heterocycles. The van der Waals surface area contributed by atoms with Gasteiger partial charge in [-0.3, -0.25) is 9.29 Å². The molecule has 5 rings (SSSR count). The molecule has 208 valence electrons. The van der Waals surface area contributed by atoms with E-state index in [0.717, 1.165) is 5.56 Å². The number of fused-ring (bicyclic) bond motifs is 1. The van der Waals surface area contributed by atoms with E-state index >= 15 is 0 Å². The lowest BCUT2D eigenvalue weighted by molar-refractivity contribution is -0.0441. The van der Waals surface area contributed by atoms with Crippen molar-refractivity contribution in [2.75, 3.05) is 22.3 Å². The zero-order chi connectivity index (χ0) is 27.9. The number of benzene rings is 1. The Morgan fingerprint density at radius 1 is 1.10 bits per heavy atom. The molecule has 4 aromatic rings. The molecule has 39 heavy (non-hydrogen) atoms. The highest BCUT2D eigenvalue weighted by Gasteiger charge is 2.48. The fraction of sp³-hybridized carbons (Fsp3) is 0.458. The Labute approximate surface area is 224 Å². The summed E-state index contributed by atoms with van der Waals surface area (Å²) in [5, 5.41) is 32.5. The Kier molecular flexibility index (Phi) is 7.00. The minimum absolute atomic E-state index is 0.0517. The third-order valence-electron chi connectivity index (χ3n) is 6.15. The van der Waals surface area contributed by atoms with Crippen LogP contribution in [0.5, 0.6) is 0 Å². The summed E-state index contributed by atoms with van der Waals surface area (Å²) in [6, 6.07) is 7.08. The van der Waals surface area contributed by atoms with Crippen LogP contribution in [-0.2, 0) is 20.2 Å². The number of imidazole rings is 1. The Morgan fingerprint density at radius 3 is 2.62 bits per heavy atom. The van der Waals surface area contributed by atoms with Gasteiger partial charge < -0.3 is 24.7 Å². The van der Waals surface area contributed by atoms with Crippen molar-refractivity contribution >= 4 is 32.7 Å². The van der Waals surface area contributed by atoms with E-state index in [-0.39, 0.29) is 18.2 Å². The smallest absolute Gasteiger partial charge is 0.248 e. The molecular weight excluding hydrogens is 528 g/mol. The molecule has 0 aliphatic carbocycles. The lowest BCUT2D eigenvalue weighted by Crippen LogP contribution is -2.29. The second-order valence-corrected chi connectivity index (χ2v) is 12.2. The molecule has 0 radical (unpaired) electrons. The van der Waals surface area contributed by atoms with Gasteiger partial charge in [-0.25, -0.2) is 23.4 Å². The van der Waals surface area contributed by atoms with E-state index in [1.54, 1.807) is 18.2 Å². The SMILES string of the molecule is Cc1cccc(NS(=O)(=O)CCNc2ncnc3c2ncn3[C@@H]2O[C@H](c3nnc(C(C)(C)C)o3)[C@@H](O)[C@H]2O)c1. The maximum atomic E-state index is 12.5. The van der Waals surface area contributed by atoms with E-state index in [1.165, 1.54) is 17.2 Å². The summed E-state index contributed by atoms with van der Waals surface area (Å²) in [4.78, 5) is 12.8. The van der Waals surface area contributed by atoms with Crippen LogP contribution < -0.4 is 10.0 Å². The predicted octanol–water partition coefficient (Wildman–Crippen LogP) is 1.66. The molecule has 1 fully saturated rings. The molecule has 0 saturated carbocycles. The van der Waals surface area contributed by atoms with Crippen LogP contribution in [0.25, 0.3) is 11.2 Å². The standard InChI is InChI=1S/C24H30N8O6S/c1-13-6-5-7-14(10-13)31-39(35,36)9-8-25-19-15-20(27-11-26-19)32(12-28-15)22-17(34)16(33)18(37-22)21-29-30-23(38-21)24(2,3)4/h5-7,10-12,16-18,22,31,33-34H,8-9H2,1-4H3,(H,25,26,27)/t16-,17+,18-,22+/m0/s1. The number of nitrogens with zero attached hydrogens (tertiary/aromatic N) is 6. The molecule has 1 aromatic carbocycles. The van der Waals surface area contributed by atoms with Crippen LogP contribution in [-0.4, -0.2) is 72.9 Å². The van der Waals surface area contributed by atoms with Crippen molar-refractivity contribution in [3.63, 3.8) is 0 Å². The Balaban J connectivity index is 1.30. The number of aliphatic hydroxyl groups is 2. The molecule has 4 N–H and O–H groups in total. The highest BCUT2D eigenvalue weighted by Crippen LogP contribution is 2.40. The van der Waals surface area contributed by atoms with Crippen molar-refractivity contribution in [3.05, 3.63) is 54.3 Å². The maximum absolute atomic E-state index is 12.5. The Morgan fingerprint density at radius 2 is 1.90 bits per heavy atom. The average molecular weight is 559 g/mol. The normalized spacial score (nSPS) is 21.9. The predicted molar refractivity (Wildman–Crippen MR) is 140 cm³/mol. The van der Waals surface area contributed by atoms with Crippen LogP contribution in [0.4, 0.5) is 11.5 Å². The molecule has 1 aliphatic heterocycles. The van der Waals surface area contributed by atoms with Crippen LogP contribution in [0, 0.1) is 6.92 Å². The van der Waals surface area contributed by atoms with Gasteiger partial charge in [-0.05, 0) is 24.6 Å². The fourth-order valence-corrected chi connectivity index (χ4v) is 5.12. The van der Waals surface area contributed by atoms with Crippen molar-refractivity contribution in [2.24, 2.45) is 0 Å². The van der Waals surface area contributed by atoms with E-state index in [4.69, 9.17) is 9.15 Å². The third-order valence-corrected chi connectivity index (χ3v) is 7.44. The fourth-order valence-electron chi connectivity index (χ4n) is 4.16. The molecule has 0 spiro atoms. The first-order valence-corrected chi connectivity index (χ1v) is 13.9. The van der Waals surface area contributed by atoms with Crippen molar-refractivity contribution in [3.8, 4) is 0 Å². The van der Waals surface area contributed by atoms with Crippen molar-refractivity contribution in [1.82, 2.24) is 29.7 Å². The quantitative estimate of drug-likeness (QED) is 0.245. The largest absolute Gasteiger partial charge is 0.422 e. The first kappa shape index (κ1) is 26.9. The lowest BCUT2D eigenvalue weighted by Gasteiger charge is -2.16. The zero-order valence-corrected chi connectivity index (χ0v) is 22.6. The molecule has 1 aliphatic rings. The van der Waals surface area contributed by atoms with Gasteiger partial charge in [-0.2, -0.15) is 0 Å². The summed E-state index contributed by atoms with van der Waals surface area (Å²) in [6.07, 6.45) is -2.12. The van der Waals surface area contributed by atoms with Crippen molar-refractivity contribution < 1.29 is 27.8 Å². The van der Waals surface area contributed by atoms with Gasteiger partial charge in [0.25, 0.3) is 0 Å². The second-order valence-electron chi connectivity index (χ2n) is 10.4. The number of aryl methyl sites for hydroxylation is 1. The Hall–Kier alpha value is -3.66. The molecule has 0 bridgehead atoms. The van der Waals surface area contributed by atoms with Crippen LogP contribution in [0.3, 0.4) is 0 Å². The van der Waals surface area contributed by atoms with Crippen LogP contribution in [0.15, 0.2) is 41.3 Å². The molecule has 0 amide bonds. The van der Waals surface area contributed by atoms with Gasteiger partial charge in [0.15, 0.2) is 29.3 Å². The van der Waals surface area contributed by atoms with Gasteiger partial charge in [0.2, 0.25) is 21.8 Å². The number of sulfonamides is 1. The van der Waals surface area contributed by atoms with Crippen LogP contribution in [0.2, 0.25) is 0 Å². The minimum atomic E-state index is -3.62. The van der Waals surface area contributed by atoms with Gasteiger partial charge in [-0.1, -0.05) is 32.9 Å².